The fourth-order valence-corrected chi connectivity index (χ4v) is 1.50. The van der Waals surface area contributed by atoms with Gasteiger partial charge in [-0.2, -0.15) is 0 Å². The Morgan fingerprint density at radius 1 is 1.50 bits per heavy atom. The van der Waals surface area contributed by atoms with Crippen LogP contribution in [0.5, 0.6) is 0 Å². The number of rotatable bonds is 0. The van der Waals surface area contributed by atoms with Crippen molar-refractivity contribution in [2.45, 2.75) is 39.3 Å². The summed E-state index contributed by atoms with van der Waals surface area (Å²) >= 11 is 0. The summed E-state index contributed by atoms with van der Waals surface area (Å²) in [6, 6.07) is 0. The van der Waals surface area contributed by atoms with Crippen LogP contribution in [0.4, 0.5) is 0 Å². The van der Waals surface area contributed by atoms with E-state index in [-0.39, 0.29) is 5.54 Å². The van der Waals surface area contributed by atoms with Crippen molar-refractivity contribution in [3.63, 3.8) is 0 Å². The molecule has 1 aliphatic rings. The number of morpholine rings is 1. The summed E-state index contributed by atoms with van der Waals surface area (Å²) in [5.74, 6) is 0. The summed E-state index contributed by atoms with van der Waals surface area (Å²) in [7, 11) is 0. The molecule has 0 N–H and O–H groups in total. The predicted molar refractivity (Wildman–Crippen MR) is 51.0 cm³/mol. The first-order chi connectivity index (χ1) is 5.41. The summed E-state index contributed by atoms with van der Waals surface area (Å²) in [6.45, 7) is 14.4. The van der Waals surface area contributed by atoms with Gasteiger partial charge in [-0.3, -0.25) is 0 Å². The molecule has 0 saturated carbocycles. The molecular formula is C10H19NO. The zero-order chi connectivity index (χ0) is 9.35. The van der Waals surface area contributed by atoms with E-state index in [1.165, 1.54) is 0 Å². The Bertz CT molecular complexity index is 181. The molecule has 1 atom stereocenters. The SMILES string of the molecule is C=C1COC(C)CN1C(C)(C)C. The summed E-state index contributed by atoms with van der Waals surface area (Å²) < 4.78 is 5.47. The minimum Gasteiger partial charge on any atom is -0.370 e. The minimum atomic E-state index is 0.176. The van der Waals surface area contributed by atoms with E-state index in [9.17, 15) is 0 Å². The largest absolute Gasteiger partial charge is 0.370 e. The van der Waals surface area contributed by atoms with Crippen LogP contribution in [0.15, 0.2) is 12.3 Å². The van der Waals surface area contributed by atoms with Crippen molar-refractivity contribution in [2.24, 2.45) is 0 Å². The van der Waals surface area contributed by atoms with Gasteiger partial charge in [-0.25, -0.2) is 0 Å². The lowest BCUT2D eigenvalue weighted by atomic mass is 10.0. The maximum atomic E-state index is 5.47. The van der Waals surface area contributed by atoms with Crippen LogP contribution >= 0.6 is 0 Å². The van der Waals surface area contributed by atoms with Gasteiger partial charge in [0.1, 0.15) is 0 Å². The van der Waals surface area contributed by atoms with E-state index in [0.29, 0.717) is 12.7 Å². The van der Waals surface area contributed by atoms with E-state index in [1.807, 2.05) is 0 Å². The van der Waals surface area contributed by atoms with Crippen molar-refractivity contribution in [1.29, 1.82) is 0 Å². The van der Waals surface area contributed by atoms with Crippen LogP contribution in [0.2, 0.25) is 0 Å². The average Bonchev–Trinajstić information content (AvgIpc) is 1.92. The van der Waals surface area contributed by atoms with Gasteiger partial charge in [-0.1, -0.05) is 6.58 Å². The maximum Gasteiger partial charge on any atom is 0.0863 e. The van der Waals surface area contributed by atoms with Crippen LogP contribution < -0.4 is 0 Å². The van der Waals surface area contributed by atoms with Gasteiger partial charge < -0.3 is 9.64 Å². The summed E-state index contributed by atoms with van der Waals surface area (Å²) in [4.78, 5) is 2.32. The van der Waals surface area contributed by atoms with Gasteiger partial charge in [-0.05, 0) is 27.7 Å². The monoisotopic (exact) mass is 169 g/mol. The zero-order valence-electron chi connectivity index (χ0n) is 8.55. The zero-order valence-corrected chi connectivity index (χ0v) is 8.55. The number of nitrogens with zero attached hydrogens (tertiary/aromatic N) is 1. The van der Waals surface area contributed by atoms with Gasteiger partial charge in [0.15, 0.2) is 0 Å². The Labute approximate surface area is 75.2 Å². The van der Waals surface area contributed by atoms with Gasteiger partial charge in [0.25, 0.3) is 0 Å². The molecule has 1 saturated heterocycles. The second-order valence-corrected chi connectivity index (χ2v) is 4.47. The Hall–Kier alpha value is -0.500. The Balaban J connectivity index is 2.68. The maximum absolute atomic E-state index is 5.47. The highest BCUT2D eigenvalue weighted by Gasteiger charge is 2.27. The van der Waals surface area contributed by atoms with Gasteiger partial charge >= 0.3 is 0 Å². The highest BCUT2D eigenvalue weighted by Crippen LogP contribution is 2.23. The Morgan fingerprint density at radius 2 is 2.08 bits per heavy atom. The van der Waals surface area contributed by atoms with Crippen molar-refractivity contribution >= 4 is 0 Å². The predicted octanol–water partition coefficient (Wildman–Crippen LogP) is 2.02. The molecule has 0 amide bonds. The molecule has 0 radical (unpaired) electrons. The fraction of sp³-hybridized carbons (Fsp3) is 0.800. The topological polar surface area (TPSA) is 12.5 Å². The molecule has 1 fully saturated rings. The van der Waals surface area contributed by atoms with Crippen LogP contribution in [0.3, 0.4) is 0 Å². The van der Waals surface area contributed by atoms with Gasteiger partial charge in [0, 0.05) is 17.8 Å². The van der Waals surface area contributed by atoms with Crippen LogP contribution in [0, 0.1) is 0 Å². The third kappa shape index (κ3) is 2.01. The molecule has 0 aromatic heterocycles. The molecule has 0 spiro atoms. The van der Waals surface area contributed by atoms with Crippen LogP contribution in [0.25, 0.3) is 0 Å². The average molecular weight is 169 g/mol. The third-order valence-electron chi connectivity index (χ3n) is 2.17. The Kier molecular flexibility index (Phi) is 2.47. The summed E-state index contributed by atoms with van der Waals surface area (Å²) in [6.07, 6.45) is 0.328. The van der Waals surface area contributed by atoms with E-state index < -0.39 is 0 Å². The molecule has 12 heavy (non-hydrogen) atoms. The highest BCUT2D eigenvalue weighted by molar-refractivity contribution is 5.02. The van der Waals surface area contributed by atoms with Crippen molar-refractivity contribution < 1.29 is 4.74 Å². The molecule has 2 nitrogen and oxygen atoms in total. The van der Waals surface area contributed by atoms with Crippen LogP contribution in [0.1, 0.15) is 27.7 Å². The molecular weight excluding hydrogens is 150 g/mol. The molecule has 1 rings (SSSR count). The second kappa shape index (κ2) is 3.09. The lowest BCUT2D eigenvalue weighted by Gasteiger charge is -2.43. The first kappa shape index (κ1) is 9.59. The smallest absolute Gasteiger partial charge is 0.0863 e. The van der Waals surface area contributed by atoms with Crippen molar-refractivity contribution in [1.82, 2.24) is 4.90 Å². The van der Waals surface area contributed by atoms with Crippen LogP contribution in [-0.4, -0.2) is 29.7 Å². The molecule has 1 heterocycles. The molecule has 1 unspecified atom stereocenters. The molecule has 0 bridgehead atoms. The quantitative estimate of drug-likeness (QED) is 0.550. The fourth-order valence-electron chi connectivity index (χ4n) is 1.50. The standard InChI is InChI=1S/C10H19NO/c1-8-7-12-9(2)6-11(8)10(3,4)5/h9H,1,6-7H2,2-5H3. The van der Waals surface area contributed by atoms with Crippen molar-refractivity contribution in [2.75, 3.05) is 13.2 Å². The highest BCUT2D eigenvalue weighted by atomic mass is 16.5. The van der Waals surface area contributed by atoms with Crippen molar-refractivity contribution in [3.05, 3.63) is 12.3 Å². The molecule has 1 aliphatic heterocycles. The van der Waals surface area contributed by atoms with E-state index >= 15 is 0 Å². The Morgan fingerprint density at radius 3 is 2.50 bits per heavy atom. The molecule has 70 valence electrons. The molecule has 0 aromatic carbocycles. The summed E-state index contributed by atoms with van der Waals surface area (Å²) in [5, 5.41) is 0. The number of hydrogen-bond acceptors (Lipinski definition) is 2. The van der Waals surface area contributed by atoms with Gasteiger partial charge in [0.05, 0.1) is 12.7 Å². The van der Waals surface area contributed by atoms with Crippen LogP contribution in [-0.2, 0) is 4.74 Å². The summed E-state index contributed by atoms with van der Waals surface area (Å²) in [5.41, 5.74) is 1.27. The first-order valence-corrected chi connectivity index (χ1v) is 4.48. The number of ether oxygens (including phenoxy) is 1. The first-order valence-electron chi connectivity index (χ1n) is 4.48. The van der Waals surface area contributed by atoms with E-state index in [1.54, 1.807) is 0 Å². The van der Waals surface area contributed by atoms with Gasteiger partial charge in [0.2, 0.25) is 0 Å². The van der Waals surface area contributed by atoms with E-state index in [0.717, 1.165) is 12.2 Å². The molecule has 0 aromatic rings. The third-order valence-corrected chi connectivity index (χ3v) is 2.17. The lowest BCUT2D eigenvalue weighted by Crippen LogP contribution is -2.48. The van der Waals surface area contributed by atoms with Crippen molar-refractivity contribution in [3.8, 4) is 0 Å². The van der Waals surface area contributed by atoms with E-state index in [4.69, 9.17) is 4.74 Å². The van der Waals surface area contributed by atoms with Gasteiger partial charge in [-0.15, -0.1) is 0 Å². The number of hydrogen-bond donors (Lipinski definition) is 0. The second-order valence-electron chi connectivity index (χ2n) is 4.47. The molecule has 0 aliphatic carbocycles. The minimum absolute atomic E-state index is 0.176. The molecule has 2 heteroatoms. The normalized spacial score (nSPS) is 26.2. The lowest BCUT2D eigenvalue weighted by molar-refractivity contribution is -0.0168. The van der Waals surface area contributed by atoms with E-state index in [2.05, 4.69) is 39.2 Å².